The number of carbonyl (C=O) groups is 1. The van der Waals surface area contributed by atoms with Gasteiger partial charge in [0.05, 0.1) is 0 Å². The Morgan fingerprint density at radius 3 is 2.57 bits per heavy atom. The highest BCUT2D eigenvalue weighted by molar-refractivity contribution is 5.78. The highest BCUT2D eigenvalue weighted by atomic mass is 16.1. The number of anilines is 1. The summed E-state index contributed by atoms with van der Waals surface area (Å²) < 4.78 is 0. The summed E-state index contributed by atoms with van der Waals surface area (Å²) in [6, 6.07) is 1.83. The molecule has 1 amide bonds. The van der Waals surface area contributed by atoms with Crippen molar-refractivity contribution in [3.05, 3.63) is 30.6 Å². The van der Waals surface area contributed by atoms with E-state index < -0.39 is 0 Å². The molecule has 1 aromatic heterocycles. The summed E-state index contributed by atoms with van der Waals surface area (Å²) in [7, 11) is 0. The number of aromatic nitrogens is 2. The van der Waals surface area contributed by atoms with Gasteiger partial charge in [0.15, 0.2) is 0 Å². The fourth-order valence-corrected chi connectivity index (χ4v) is 2.75. The van der Waals surface area contributed by atoms with Gasteiger partial charge < -0.3 is 10.2 Å². The number of hydrogen-bond donors (Lipinski definition) is 1. The third-order valence-corrected chi connectivity index (χ3v) is 4.04. The Labute approximate surface area is 138 Å². The van der Waals surface area contributed by atoms with Gasteiger partial charge in [0.2, 0.25) is 11.9 Å². The minimum absolute atomic E-state index is 0.000392. The van der Waals surface area contributed by atoms with Crippen LogP contribution in [0.5, 0.6) is 0 Å². The van der Waals surface area contributed by atoms with Crippen LogP contribution in [-0.2, 0) is 4.79 Å². The Bertz CT molecular complexity index is 511. The van der Waals surface area contributed by atoms with Gasteiger partial charge in [-0.15, -0.1) is 6.58 Å². The molecule has 0 radical (unpaired) electrons. The monoisotopic (exact) mass is 317 g/mol. The quantitative estimate of drug-likeness (QED) is 0.769. The Morgan fingerprint density at radius 1 is 1.30 bits per heavy atom. The van der Waals surface area contributed by atoms with Crippen molar-refractivity contribution >= 4 is 11.9 Å². The Hall–Kier alpha value is -1.95. The molecule has 1 fully saturated rings. The van der Waals surface area contributed by atoms with Crippen LogP contribution in [0.2, 0.25) is 0 Å². The third-order valence-electron chi connectivity index (χ3n) is 4.04. The first-order valence-electron chi connectivity index (χ1n) is 8.22. The van der Waals surface area contributed by atoms with Crippen LogP contribution in [0.4, 0.5) is 5.95 Å². The Morgan fingerprint density at radius 2 is 1.96 bits per heavy atom. The second-order valence-electron chi connectivity index (χ2n) is 6.23. The first-order valence-corrected chi connectivity index (χ1v) is 8.22. The Kier molecular flexibility index (Phi) is 6.52. The molecule has 0 spiro atoms. The second-order valence-corrected chi connectivity index (χ2v) is 6.23. The van der Waals surface area contributed by atoms with Gasteiger partial charge in [-0.3, -0.25) is 9.69 Å². The number of allylic oxidation sites excluding steroid dienone is 1. The predicted molar refractivity (Wildman–Crippen MR) is 92.3 cm³/mol. The molecule has 0 unspecified atom stereocenters. The Balaban J connectivity index is 1.65. The lowest BCUT2D eigenvalue weighted by atomic mass is 10.0. The molecule has 1 N–H and O–H groups in total. The van der Waals surface area contributed by atoms with E-state index >= 15 is 0 Å². The predicted octanol–water partition coefficient (Wildman–Crippen LogP) is 1.32. The van der Waals surface area contributed by atoms with Crippen molar-refractivity contribution < 1.29 is 4.79 Å². The molecule has 6 nitrogen and oxygen atoms in total. The van der Waals surface area contributed by atoms with E-state index in [1.54, 1.807) is 12.4 Å². The van der Waals surface area contributed by atoms with Crippen molar-refractivity contribution in [1.29, 1.82) is 0 Å². The lowest BCUT2D eigenvalue weighted by Crippen LogP contribution is -2.49. The van der Waals surface area contributed by atoms with Crippen molar-refractivity contribution in [2.45, 2.75) is 20.3 Å². The molecule has 1 aliphatic rings. The first kappa shape index (κ1) is 17.4. The molecule has 1 aromatic rings. The van der Waals surface area contributed by atoms with E-state index in [0.29, 0.717) is 6.54 Å². The zero-order valence-corrected chi connectivity index (χ0v) is 14.2. The average Bonchev–Trinajstić information content (AvgIpc) is 2.55. The molecule has 1 aliphatic heterocycles. The van der Waals surface area contributed by atoms with E-state index in [4.69, 9.17) is 0 Å². The number of rotatable bonds is 7. The highest BCUT2D eigenvalue weighted by Crippen LogP contribution is 2.10. The summed E-state index contributed by atoms with van der Waals surface area (Å²) in [6.45, 7) is 13.1. The SMILES string of the molecule is C=C(C)C[C@H](C)C(=O)NCCN1CCN(c2ncccn2)CC1. The normalized spacial score (nSPS) is 16.9. The van der Waals surface area contributed by atoms with Gasteiger partial charge in [0, 0.05) is 57.6 Å². The van der Waals surface area contributed by atoms with Crippen LogP contribution in [0.25, 0.3) is 0 Å². The smallest absolute Gasteiger partial charge is 0.225 e. The number of amides is 1. The largest absolute Gasteiger partial charge is 0.355 e. The molecule has 0 saturated carbocycles. The van der Waals surface area contributed by atoms with E-state index in [-0.39, 0.29) is 11.8 Å². The number of carbonyl (C=O) groups excluding carboxylic acids is 1. The molecule has 6 heteroatoms. The maximum atomic E-state index is 12.0. The summed E-state index contributed by atoms with van der Waals surface area (Å²) >= 11 is 0. The standard InChI is InChI=1S/C17H27N5O/c1-14(2)13-15(3)16(23)18-7-8-21-9-11-22(12-10-21)17-19-5-4-6-20-17/h4-6,15H,1,7-13H2,2-3H3,(H,18,23)/t15-/m0/s1. The summed E-state index contributed by atoms with van der Waals surface area (Å²) in [5.74, 6) is 0.915. The maximum Gasteiger partial charge on any atom is 0.225 e. The van der Waals surface area contributed by atoms with Crippen LogP contribution in [0, 0.1) is 5.92 Å². The molecule has 23 heavy (non-hydrogen) atoms. The van der Waals surface area contributed by atoms with Crippen molar-refractivity contribution in [2.75, 3.05) is 44.2 Å². The molecule has 2 heterocycles. The van der Waals surface area contributed by atoms with Gasteiger partial charge in [0.25, 0.3) is 0 Å². The van der Waals surface area contributed by atoms with Crippen LogP contribution >= 0.6 is 0 Å². The molecular formula is C17H27N5O. The molecular weight excluding hydrogens is 290 g/mol. The molecule has 1 atom stereocenters. The minimum atomic E-state index is -0.000392. The van der Waals surface area contributed by atoms with E-state index in [1.165, 1.54) is 0 Å². The van der Waals surface area contributed by atoms with Crippen LogP contribution in [-0.4, -0.2) is 60.0 Å². The van der Waals surface area contributed by atoms with E-state index in [1.807, 2.05) is 19.9 Å². The van der Waals surface area contributed by atoms with Crippen LogP contribution in [0.1, 0.15) is 20.3 Å². The van der Waals surface area contributed by atoms with Crippen molar-refractivity contribution in [2.24, 2.45) is 5.92 Å². The maximum absolute atomic E-state index is 12.0. The van der Waals surface area contributed by atoms with Gasteiger partial charge in [-0.2, -0.15) is 0 Å². The van der Waals surface area contributed by atoms with Crippen molar-refractivity contribution in [3.8, 4) is 0 Å². The molecule has 2 rings (SSSR count). The van der Waals surface area contributed by atoms with Crippen LogP contribution in [0.15, 0.2) is 30.6 Å². The average molecular weight is 317 g/mol. The van der Waals surface area contributed by atoms with E-state index in [9.17, 15) is 4.79 Å². The van der Waals surface area contributed by atoms with Gasteiger partial charge in [-0.05, 0) is 19.4 Å². The summed E-state index contributed by atoms with van der Waals surface area (Å²) in [5.41, 5.74) is 1.05. The van der Waals surface area contributed by atoms with Gasteiger partial charge in [-0.1, -0.05) is 12.5 Å². The van der Waals surface area contributed by atoms with Crippen molar-refractivity contribution in [1.82, 2.24) is 20.2 Å². The fraction of sp³-hybridized carbons (Fsp3) is 0.588. The summed E-state index contributed by atoms with van der Waals surface area (Å²) in [5, 5.41) is 3.02. The van der Waals surface area contributed by atoms with E-state index in [2.05, 4.69) is 31.7 Å². The lowest BCUT2D eigenvalue weighted by molar-refractivity contribution is -0.124. The number of piperazine rings is 1. The highest BCUT2D eigenvalue weighted by Gasteiger charge is 2.19. The zero-order valence-electron chi connectivity index (χ0n) is 14.2. The number of nitrogens with one attached hydrogen (secondary N) is 1. The number of nitrogens with zero attached hydrogens (tertiary/aromatic N) is 4. The minimum Gasteiger partial charge on any atom is -0.355 e. The summed E-state index contributed by atoms with van der Waals surface area (Å²) in [4.78, 5) is 25.1. The molecule has 126 valence electrons. The second kappa shape index (κ2) is 8.62. The third kappa shape index (κ3) is 5.63. The molecule has 1 saturated heterocycles. The summed E-state index contributed by atoms with van der Waals surface area (Å²) in [6.07, 6.45) is 4.30. The van der Waals surface area contributed by atoms with Crippen molar-refractivity contribution in [3.63, 3.8) is 0 Å². The van der Waals surface area contributed by atoms with Gasteiger partial charge in [0.1, 0.15) is 0 Å². The molecule has 0 bridgehead atoms. The topological polar surface area (TPSA) is 61.4 Å². The fourth-order valence-electron chi connectivity index (χ4n) is 2.75. The first-order chi connectivity index (χ1) is 11.1. The number of hydrogen-bond acceptors (Lipinski definition) is 5. The zero-order chi connectivity index (χ0) is 16.7. The molecule has 0 aromatic carbocycles. The van der Waals surface area contributed by atoms with Crippen LogP contribution < -0.4 is 10.2 Å². The van der Waals surface area contributed by atoms with Gasteiger partial charge in [-0.25, -0.2) is 9.97 Å². The van der Waals surface area contributed by atoms with Crippen LogP contribution in [0.3, 0.4) is 0 Å². The molecule has 0 aliphatic carbocycles. The van der Waals surface area contributed by atoms with Gasteiger partial charge >= 0.3 is 0 Å². The van der Waals surface area contributed by atoms with E-state index in [0.717, 1.165) is 50.7 Å². The lowest BCUT2D eigenvalue weighted by Gasteiger charge is -2.34.